The molecule has 0 amide bonds. The number of halogens is 1. The number of nitrogens with two attached hydrogens (primary N) is 1. The van der Waals surface area contributed by atoms with E-state index in [1.807, 2.05) is 0 Å². The third-order valence-corrected chi connectivity index (χ3v) is 4.15. The molecular formula is C14H20BrNO. The van der Waals surface area contributed by atoms with Gasteiger partial charge in [0.15, 0.2) is 0 Å². The molecule has 1 aromatic rings. The molecule has 0 saturated heterocycles. The molecule has 1 aliphatic rings. The number of rotatable bonds is 3. The maximum atomic E-state index is 6.60. The molecule has 3 heteroatoms. The van der Waals surface area contributed by atoms with E-state index < -0.39 is 0 Å². The van der Waals surface area contributed by atoms with E-state index in [0.29, 0.717) is 6.61 Å². The molecule has 1 saturated carbocycles. The molecule has 0 aromatic heterocycles. The van der Waals surface area contributed by atoms with E-state index in [-0.39, 0.29) is 5.54 Å². The van der Waals surface area contributed by atoms with Gasteiger partial charge in [-0.3, -0.25) is 0 Å². The zero-order chi connectivity index (χ0) is 12.3. The van der Waals surface area contributed by atoms with Crippen molar-refractivity contribution in [2.24, 2.45) is 5.73 Å². The van der Waals surface area contributed by atoms with Gasteiger partial charge in [-0.15, -0.1) is 0 Å². The minimum atomic E-state index is -0.157. The maximum absolute atomic E-state index is 6.60. The van der Waals surface area contributed by atoms with Gasteiger partial charge in [0.25, 0.3) is 0 Å². The van der Waals surface area contributed by atoms with Crippen LogP contribution in [0.5, 0.6) is 0 Å². The zero-order valence-corrected chi connectivity index (χ0v) is 11.9. The molecule has 2 N–H and O–H groups in total. The summed E-state index contributed by atoms with van der Waals surface area (Å²) in [6, 6.07) is 6.34. The highest BCUT2D eigenvalue weighted by Crippen LogP contribution is 2.37. The molecule has 0 heterocycles. The van der Waals surface area contributed by atoms with Crippen molar-refractivity contribution in [1.29, 1.82) is 0 Å². The summed E-state index contributed by atoms with van der Waals surface area (Å²) in [5, 5.41) is 0. The Morgan fingerprint density at radius 1 is 1.29 bits per heavy atom. The van der Waals surface area contributed by atoms with Gasteiger partial charge in [0.05, 0.1) is 6.61 Å². The predicted octanol–water partition coefficient (Wildman–Crippen LogP) is 3.71. The smallest absolute Gasteiger partial charge is 0.0716 e. The van der Waals surface area contributed by atoms with E-state index in [1.54, 1.807) is 7.11 Å². The Morgan fingerprint density at radius 2 is 2.00 bits per heavy atom. The van der Waals surface area contributed by atoms with Gasteiger partial charge in [0.2, 0.25) is 0 Å². The van der Waals surface area contributed by atoms with Gasteiger partial charge < -0.3 is 10.5 Å². The van der Waals surface area contributed by atoms with Crippen LogP contribution < -0.4 is 5.73 Å². The third kappa shape index (κ3) is 2.90. The second-order valence-electron chi connectivity index (χ2n) is 4.95. The Balaban J connectivity index is 2.37. The van der Waals surface area contributed by atoms with Crippen LogP contribution in [0.15, 0.2) is 22.7 Å². The largest absolute Gasteiger partial charge is 0.380 e. The molecule has 0 atom stereocenters. The van der Waals surface area contributed by atoms with Crippen LogP contribution in [-0.4, -0.2) is 7.11 Å². The van der Waals surface area contributed by atoms with Crippen molar-refractivity contribution in [2.45, 2.75) is 44.2 Å². The summed E-state index contributed by atoms with van der Waals surface area (Å²) in [5.41, 5.74) is 8.93. The second kappa shape index (κ2) is 5.51. The summed E-state index contributed by atoms with van der Waals surface area (Å²) < 4.78 is 6.37. The normalized spacial score (nSPS) is 19.2. The first-order valence-corrected chi connectivity index (χ1v) is 7.02. The molecule has 17 heavy (non-hydrogen) atoms. The van der Waals surface area contributed by atoms with Crippen LogP contribution in [0.4, 0.5) is 0 Å². The van der Waals surface area contributed by atoms with Gasteiger partial charge in [-0.05, 0) is 36.1 Å². The molecule has 1 fully saturated rings. The van der Waals surface area contributed by atoms with E-state index in [0.717, 1.165) is 17.3 Å². The summed E-state index contributed by atoms with van der Waals surface area (Å²) in [7, 11) is 1.73. The first kappa shape index (κ1) is 13.1. The Kier molecular flexibility index (Phi) is 4.23. The lowest BCUT2D eigenvalue weighted by Gasteiger charge is -2.35. The minimum Gasteiger partial charge on any atom is -0.380 e. The summed E-state index contributed by atoms with van der Waals surface area (Å²) in [6.07, 6.45) is 5.94. The zero-order valence-electron chi connectivity index (χ0n) is 10.3. The summed E-state index contributed by atoms with van der Waals surface area (Å²) in [4.78, 5) is 0. The topological polar surface area (TPSA) is 35.2 Å². The molecule has 2 rings (SSSR count). The van der Waals surface area contributed by atoms with Gasteiger partial charge >= 0.3 is 0 Å². The van der Waals surface area contributed by atoms with Gasteiger partial charge in [0, 0.05) is 17.1 Å². The molecule has 0 spiro atoms. The van der Waals surface area contributed by atoms with Crippen LogP contribution in [0, 0.1) is 0 Å². The van der Waals surface area contributed by atoms with Crippen LogP contribution in [0.25, 0.3) is 0 Å². The van der Waals surface area contributed by atoms with Crippen LogP contribution >= 0.6 is 15.9 Å². The third-order valence-electron chi connectivity index (χ3n) is 3.65. The lowest BCUT2D eigenvalue weighted by atomic mass is 9.76. The van der Waals surface area contributed by atoms with E-state index in [2.05, 4.69) is 34.1 Å². The van der Waals surface area contributed by atoms with Crippen molar-refractivity contribution in [3.05, 3.63) is 33.8 Å². The van der Waals surface area contributed by atoms with Crippen LogP contribution in [-0.2, 0) is 16.9 Å². The fraction of sp³-hybridized carbons (Fsp3) is 0.571. The average molecular weight is 298 g/mol. The molecule has 1 aliphatic carbocycles. The lowest BCUT2D eigenvalue weighted by molar-refractivity contribution is 0.181. The Morgan fingerprint density at radius 3 is 2.65 bits per heavy atom. The average Bonchev–Trinajstić information content (AvgIpc) is 2.33. The summed E-state index contributed by atoms with van der Waals surface area (Å²) in [5.74, 6) is 0. The Labute approximate surface area is 112 Å². The monoisotopic (exact) mass is 297 g/mol. The second-order valence-corrected chi connectivity index (χ2v) is 5.87. The van der Waals surface area contributed by atoms with Crippen molar-refractivity contribution in [1.82, 2.24) is 0 Å². The Bertz CT molecular complexity index is 386. The molecule has 0 bridgehead atoms. The van der Waals surface area contributed by atoms with Crippen molar-refractivity contribution >= 4 is 15.9 Å². The van der Waals surface area contributed by atoms with Crippen molar-refractivity contribution in [2.75, 3.05) is 7.11 Å². The van der Waals surface area contributed by atoms with Crippen molar-refractivity contribution in [3.63, 3.8) is 0 Å². The quantitative estimate of drug-likeness (QED) is 0.923. The first-order chi connectivity index (χ1) is 8.15. The van der Waals surface area contributed by atoms with Gasteiger partial charge in [0.1, 0.15) is 0 Å². The number of methoxy groups -OCH3 is 1. The molecule has 0 radical (unpaired) electrons. The highest BCUT2D eigenvalue weighted by molar-refractivity contribution is 9.10. The molecule has 2 nitrogen and oxygen atoms in total. The van der Waals surface area contributed by atoms with Crippen LogP contribution in [0.3, 0.4) is 0 Å². The molecular weight excluding hydrogens is 278 g/mol. The van der Waals surface area contributed by atoms with Crippen molar-refractivity contribution < 1.29 is 4.74 Å². The lowest BCUT2D eigenvalue weighted by Crippen LogP contribution is -2.39. The highest BCUT2D eigenvalue weighted by Gasteiger charge is 2.31. The molecule has 94 valence electrons. The fourth-order valence-electron chi connectivity index (χ4n) is 2.75. The van der Waals surface area contributed by atoms with Crippen LogP contribution in [0.2, 0.25) is 0 Å². The summed E-state index contributed by atoms with van der Waals surface area (Å²) in [6.45, 7) is 0.640. The fourth-order valence-corrected chi connectivity index (χ4v) is 3.11. The number of benzene rings is 1. The van der Waals surface area contributed by atoms with E-state index in [9.17, 15) is 0 Å². The Hall–Kier alpha value is -0.380. The van der Waals surface area contributed by atoms with E-state index >= 15 is 0 Å². The molecule has 0 unspecified atom stereocenters. The number of hydrogen-bond donors (Lipinski definition) is 1. The SMILES string of the molecule is COCc1ccc(Br)cc1C1(N)CCCCC1. The van der Waals surface area contributed by atoms with E-state index in [4.69, 9.17) is 10.5 Å². The van der Waals surface area contributed by atoms with Gasteiger partial charge in [-0.1, -0.05) is 41.3 Å². The summed E-state index contributed by atoms with van der Waals surface area (Å²) >= 11 is 3.54. The van der Waals surface area contributed by atoms with Crippen LogP contribution in [0.1, 0.15) is 43.2 Å². The van der Waals surface area contributed by atoms with Gasteiger partial charge in [-0.2, -0.15) is 0 Å². The highest BCUT2D eigenvalue weighted by atomic mass is 79.9. The number of ether oxygens (including phenoxy) is 1. The minimum absolute atomic E-state index is 0.157. The number of hydrogen-bond acceptors (Lipinski definition) is 2. The first-order valence-electron chi connectivity index (χ1n) is 6.22. The standard InChI is InChI=1S/C14H20BrNO/c1-17-10-11-5-6-12(15)9-13(11)14(16)7-3-2-4-8-14/h5-6,9H,2-4,7-8,10,16H2,1H3. The van der Waals surface area contributed by atoms with Gasteiger partial charge in [-0.25, -0.2) is 0 Å². The molecule has 1 aromatic carbocycles. The predicted molar refractivity (Wildman–Crippen MR) is 73.8 cm³/mol. The van der Waals surface area contributed by atoms with Crippen molar-refractivity contribution in [3.8, 4) is 0 Å². The van der Waals surface area contributed by atoms with E-state index in [1.165, 1.54) is 30.4 Å². The molecule has 0 aliphatic heterocycles. The maximum Gasteiger partial charge on any atom is 0.0716 e.